The van der Waals surface area contributed by atoms with E-state index in [2.05, 4.69) is 0 Å². The van der Waals surface area contributed by atoms with Gasteiger partial charge in [-0.15, -0.1) is 0 Å². The van der Waals surface area contributed by atoms with Crippen molar-refractivity contribution in [1.82, 2.24) is 4.90 Å². The molecule has 0 spiro atoms. The van der Waals surface area contributed by atoms with E-state index >= 15 is 0 Å². The molecule has 1 amide bonds. The molecule has 0 saturated carbocycles. The van der Waals surface area contributed by atoms with Crippen LogP contribution in [0.3, 0.4) is 0 Å². The number of hydrogen-bond donors (Lipinski definition) is 0. The molecule has 0 bridgehead atoms. The molecular formula is C24H26FNO5. The van der Waals surface area contributed by atoms with Gasteiger partial charge in [-0.25, -0.2) is 9.18 Å². The first-order chi connectivity index (χ1) is 15.0. The van der Waals surface area contributed by atoms with Gasteiger partial charge in [0.15, 0.2) is 11.6 Å². The van der Waals surface area contributed by atoms with Gasteiger partial charge in [-0.1, -0.05) is 42.5 Å². The molecule has 2 aromatic rings. The molecule has 0 radical (unpaired) electrons. The molecule has 6 nitrogen and oxygen atoms in total. The fourth-order valence-electron chi connectivity index (χ4n) is 4.56. The first-order valence-corrected chi connectivity index (χ1v) is 10.5. The molecule has 2 aliphatic heterocycles. The Labute approximate surface area is 180 Å². The number of halogens is 1. The third kappa shape index (κ3) is 4.14. The van der Waals surface area contributed by atoms with Crippen LogP contribution >= 0.6 is 0 Å². The predicted octanol–water partition coefficient (Wildman–Crippen LogP) is 3.10. The smallest absolute Gasteiger partial charge is 0.328 e. The molecule has 2 aromatic carbocycles. The first-order valence-electron chi connectivity index (χ1n) is 10.5. The van der Waals surface area contributed by atoms with E-state index in [9.17, 15) is 14.0 Å². The largest absolute Gasteiger partial charge is 0.485 e. The molecule has 4 rings (SSSR count). The Morgan fingerprint density at radius 2 is 1.74 bits per heavy atom. The third-order valence-corrected chi connectivity index (χ3v) is 6.21. The van der Waals surface area contributed by atoms with E-state index in [0.717, 1.165) is 5.56 Å². The second-order valence-corrected chi connectivity index (χ2v) is 7.96. The minimum atomic E-state index is -0.780. The highest BCUT2D eigenvalue weighted by molar-refractivity contribution is 5.92. The quantitative estimate of drug-likeness (QED) is 0.686. The van der Waals surface area contributed by atoms with E-state index < -0.39 is 29.3 Å². The molecule has 2 saturated heterocycles. The van der Waals surface area contributed by atoms with Crippen LogP contribution in [0.4, 0.5) is 4.39 Å². The SMILES string of the molecule is COC(=O)C1CC(Oc2ccccc2F)CN1C(=O)C1(c2ccccc2)CCOCC1. The van der Waals surface area contributed by atoms with Gasteiger partial charge in [0.25, 0.3) is 0 Å². The van der Waals surface area contributed by atoms with Crippen molar-refractivity contribution in [3.63, 3.8) is 0 Å². The summed E-state index contributed by atoms with van der Waals surface area (Å²) in [6.45, 7) is 1.11. The molecule has 2 heterocycles. The van der Waals surface area contributed by atoms with Crippen LogP contribution in [0.5, 0.6) is 5.75 Å². The van der Waals surface area contributed by atoms with Gasteiger partial charge in [0.1, 0.15) is 12.1 Å². The second kappa shape index (κ2) is 9.06. The molecular weight excluding hydrogens is 401 g/mol. The lowest BCUT2D eigenvalue weighted by Crippen LogP contribution is -2.53. The van der Waals surface area contributed by atoms with E-state index in [1.165, 1.54) is 19.2 Å². The number of esters is 1. The van der Waals surface area contributed by atoms with Crippen molar-refractivity contribution >= 4 is 11.9 Å². The van der Waals surface area contributed by atoms with E-state index in [1.54, 1.807) is 17.0 Å². The number of nitrogens with zero attached hydrogens (tertiary/aromatic N) is 1. The molecule has 0 aromatic heterocycles. The lowest BCUT2D eigenvalue weighted by molar-refractivity contribution is -0.154. The summed E-state index contributed by atoms with van der Waals surface area (Å²) in [6, 6.07) is 15.0. The molecule has 2 fully saturated rings. The summed E-state index contributed by atoms with van der Waals surface area (Å²) in [5.74, 6) is -1.01. The van der Waals surface area contributed by atoms with Crippen molar-refractivity contribution in [3.8, 4) is 5.75 Å². The number of benzene rings is 2. The maximum absolute atomic E-state index is 14.1. The van der Waals surface area contributed by atoms with Crippen molar-refractivity contribution in [2.45, 2.75) is 36.8 Å². The van der Waals surface area contributed by atoms with Crippen molar-refractivity contribution in [3.05, 3.63) is 66.0 Å². The number of hydrogen-bond acceptors (Lipinski definition) is 5. The Balaban J connectivity index is 1.63. The minimum absolute atomic E-state index is 0.106. The molecule has 2 unspecified atom stereocenters. The molecule has 2 aliphatic rings. The molecule has 7 heteroatoms. The molecule has 0 aliphatic carbocycles. The van der Waals surface area contributed by atoms with Gasteiger partial charge in [-0.2, -0.15) is 0 Å². The van der Waals surface area contributed by atoms with Crippen LogP contribution in [-0.2, 0) is 24.5 Å². The fourth-order valence-corrected chi connectivity index (χ4v) is 4.56. The standard InChI is InChI=1S/C24H26FNO5/c1-29-22(27)20-15-18(31-21-10-6-5-9-19(21)25)16-26(20)23(28)24(11-13-30-14-12-24)17-7-3-2-4-8-17/h2-10,18,20H,11-16H2,1H3. The Bertz CT molecular complexity index is 929. The highest BCUT2D eigenvalue weighted by Crippen LogP contribution is 2.39. The summed E-state index contributed by atoms with van der Waals surface area (Å²) in [4.78, 5) is 28.0. The zero-order valence-electron chi connectivity index (χ0n) is 17.5. The van der Waals surface area contributed by atoms with Crippen molar-refractivity contribution < 1.29 is 28.2 Å². The van der Waals surface area contributed by atoms with Gasteiger partial charge in [-0.3, -0.25) is 4.79 Å². The Morgan fingerprint density at radius 1 is 1.06 bits per heavy atom. The van der Waals surface area contributed by atoms with E-state index in [4.69, 9.17) is 14.2 Å². The maximum atomic E-state index is 14.1. The Hall–Kier alpha value is -2.93. The summed E-state index contributed by atoms with van der Waals surface area (Å²) in [7, 11) is 1.30. The summed E-state index contributed by atoms with van der Waals surface area (Å²) in [6.07, 6.45) is 0.782. The van der Waals surface area contributed by atoms with Crippen LogP contribution in [0.25, 0.3) is 0 Å². The van der Waals surface area contributed by atoms with E-state index in [1.807, 2.05) is 30.3 Å². The fraction of sp³-hybridized carbons (Fsp3) is 0.417. The number of carbonyl (C=O) groups is 2. The van der Waals surface area contributed by atoms with Crippen LogP contribution in [0.1, 0.15) is 24.8 Å². The number of carbonyl (C=O) groups excluding carboxylic acids is 2. The minimum Gasteiger partial charge on any atom is -0.485 e. The normalized spacial score (nSPS) is 22.7. The van der Waals surface area contributed by atoms with E-state index in [-0.39, 0.29) is 24.6 Å². The Morgan fingerprint density at radius 3 is 2.42 bits per heavy atom. The Kier molecular flexibility index (Phi) is 6.23. The van der Waals surface area contributed by atoms with Crippen LogP contribution in [0.2, 0.25) is 0 Å². The highest BCUT2D eigenvalue weighted by Gasteiger charge is 2.50. The zero-order valence-corrected chi connectivity index (χ0v) is 17.5. The summed E-state index contributed by atoms with van der Waals surface area (Å²) in [5.41, 5.74) is 0.129. The average molecular weight is 427 g/mol. The zero-order chi connectivity index (χ0) is 21.8. The summed E-state index contributed by atoms with van der Waals surface area (Å²) in [5, 5.41) is 0. The van der Waals surface area contributed by atoms with E-state index in [0.29, 0.717) is 26.1 Å². The van der Waals surface area contributed by atoms with Crippen LogP contribution < -0.4 is 4.74 Å². The van der Waals surface area contributed by atoms with Gasteiger partial charge in [0, 0.05) is 19.6 Å². The lowest BCUT2D eigenvalue weighted by atomic mass is 9.73. The van der Waals surface area contributed by atoms with Crippen molar-refractivity contribution in [2.24, 2.45) is 0 Å². The number of likely N-dealkylation sites (tertiary alicyclic amines) is 1. The molecule has 31 heavy (non-hydrogen) atoms. The topological polar surface area (TPSA) is 65.1 Å². The second-order valence-electron chi connectivity index (χ2n) is 7.96. The number of amides is 1. The number of methoxy groups -OCH3 is 1. The first kappa shape index (κ1) is 21.3. The summed E-state index contributed by atoms with van der Waals surface area (Å²) < 4.78 is 30.4. The summed E-state index contributed by atoms with van der Waals surface area (Å²) >= 11 is 0. The van der Waals surface area contributed by atoms with Gasteiger partial charge in [-0.05, 0) is 30.5 Å². The van der Waals surface area contributed by atoms with Crippen LogP contribution in [0.15, 0.2) is 54.6 Å². The van der Waals surface area contributed by atoms with Crippen molar-refractivity contribution in [1.29, 1.82) is 0 Å². The third-order valence-electron chi connectivity index (χ3n) is 6.21. The van der Waals surface area contributed by atoms with Gasteiger partial charge in [0.2, 0.25) is 5.91 Å². The van der Waals surface area contributed by atoms with Crippen molar-refractivity contribution in [2.75, 3.05) is 26.9 Å². The van der Waals surface area contributed by atoms with Crippen LogP contribution in [0, 0.1) is 5.82 Å². The lowest BCUT2D eigenvalue weighted by Gasteiger charge is -2.40. The average Bonchev–Trinajstić information content (AvgIpc) is 3.24. The van der Waals surface area contributed by atoms with Gasteiger partial charge in [0.05, 0.1) is 19.1 Å². The maximum Gasteiger partial charge on any atom is 0.328 e. The van der Waals surface area contributed by atoms with Gasteiger partial charge >= 0.3 is 5.97 Å². The molecule has 164 valence electrons. The number of ether oxygens (including phenoxy) is 3. The molecule has 0 N–H and O–H groups in total. The van der Waals surface area contributed by atoms with Crippen LogP contribution in [-0.4, -0.2) is 55.8 Å². The number of para-hydroxylation sites is 1. The molecule has 2 atom stereocenters. The number of rotatable bonds is 5. The monoisotopic (exact) mass is 427 g/mol. The highest BCUT2D eigenvalue weighted by atomic mass is 19.1. The van der Waals surface area contributed by atoms with Gasteiger partial charge < -0.3 is 19.1 Å². The predicted molar refractivity (Wildman–Crippen MR) is 111 cm³/mol.